The number of nitrogens with zero attached hydrogens (tertiary/aromatic N) is 5. The Labute approximate surface area is 93.5 Å². The van der Waals surface area contributed by atoms with Gasteiger partial charge < -0.3 is 10.2 Å². The van der Waals surface area contributed by atoms with Crippen LogP contribution < -0.4 is 10.2 Å². The summed E-state index contributed by atoms with van der Waals surface area (Å²) in [7, 11) is 6.04. The molecule has 0 aliphatic heterocycles. The van der Waals surface area contributed by atoms with Crippen LogP contribution in [0.2, 0.25) is 0 Å². The summed E-state index contributed by atoms with van der Waals surface area (Å²) in [6.45, 7) is 1.87. The Morgan fingerprint density at radius 1 is 1.38 bits per heavy atom. The Kier molecular flexibility index (Phi) is 2.95. The molecule has 0 bridgehead atoms. The van der Waals surface area contributed by atoms with Crippen LogP contribution in [0.1, 0.15) is 0 Å². The molecule has 0 aromatic carbocycles. The fourth-order valence-corrected chi connectivity index (χ4v) is 1.41. The fraction of sp³-hybridized carbons (Fsp3) is 0.556. The number of aromatic nitrogens is 5. The number of hydrogen-bond acceptors (Lipinski definition) is 5. The normalized spacial score (nSPS) is 11.2. The van der Waals surface area contributed by atoms with E-state index in [1.807, 2.05) is 7.05 Å². The lowest BCUT2D eigenvalue weighted by Gasteiger charge is -2.08. The third-order valence-electron chi connectivity index (χ3n) is 2.31. The van der Waals surface area contributed by atoms with E-state index in [1.54, 1.807) is 4.68 Å². The summed E-state index contributed by atoms with van der Waals surface area (Å²) < 4.78 is 1.64. The van der Waals surface area contributed by atoms with Gasteiger partial charge in [0.1, 0.15) is 6.33 Å². The van der Waals surface area contributed by atoms with Gasteiger partial charge in [-0.1, -0.05) is 5.21 Å². The average Bonchev–Trinajstić information content (AvgIpc) is 2.61. The smallest absolute Gasteiger partial charge is 0.183 e. The Bertz CT molecular complexity index is 476. The van der Waals surface area contributed by atoms with Crippen LogP contribution in [0.4, 0.5) is 5.82 Å². The maximum Gasteiger partial charge on any atom is 0.183 e. The van der Waals surface area contributed by atoms with Gasteiger partial charge in [-0.2, -0.15) is 0 Å². The fourth-order valence-electron chi connectivity index (χ4n) is 1.41. The van der Waals surface area contributed by atoms with E-state index in [0.717, 1.165) is 30.1 Å². The molecule has 0 spiro atoms. The van der Waals surface area contributed by atoms with Crippen molar-refractivity contribution in [3.05, 3.63) is 6.33 Å². The second-order valence-corrected chi connectivity index (χ2v) is 3.99. The summed E-state index contributed by atoms with van der Waals surface area (Å²) in [6.07, 6.45) is 1.52. The molecule has 2 aromatic heterocycles. The molecule has 2 heterocycles. The molecule has 7 heteroatoms. The highest BCUT2D eigenvalue weighted by atomic mass is 15.4. The van der Waals surface area contributed by atoms with Crippen LogP contribution in [0, 0.1) is 0 Å². The van der Waals surface area contributed by atoms with Crippen molar-refractivity contribution in [3.8, 4) is 0 Å². The molecule has 0 amide bonds. The minimum absolute atomic E-state index is 0.721. The minimum atomic E-state index is 0.721. The molecule has 2 N–H and O–H groups in total. The Morgan fingerprint density at radius 2 is 2.19 bits per heavy atom. The lowest BCUT2D eigenvalue weighted by molar-refractivity contribution is -0.856. The third kappa shape index (κ3) is 2.08. The standard InChI is InChI=1S/C9H15N7/c1-15(2)5-4-10-8-7-9(12-6-11-8)16(3)14-13-7/h6H,4-5H2,1-3H3,(H,10,11,12)/p+1. The van der Waals surface area contributed by atoms with Crippen LogP contribution in [0.3, 0.4) is 0 Å². The largest absolute Gasteiger partial charge is 0.362 e. The highest BCUT2D eigenvalue weighted by Gasteiger charge is 2.08. The number of quaternary nitrogens is 1. The van der Waals surface area contributed by atoms with Crippen molar-refractivity contribution in [1.29, 1.82) is 0 Å². The molecule has 0 atom stereocenters. The molecular formula is C9H16N7+. The topological polar surface area (TPSA) is 73.0 Å². The van der Waals surface area contributed by atoms with Crippen molar-refractivity contribution in [2.45, 2.75) is 0 Å². The first-order valence-corrected chi connectivity index (χ1v) is 5.22. The molecule has 0 saturated heterocycles. The number of likely N-dealkylation sites (N-methyl/N-ethyl adjacent to an activating group) is 1. The highest BCUT2D eigenvalue weighted by Crippen LogP contribution is 2.13. The summed E-state index contributed by atoms with van der Waals surface area (Å²) >= 11 is 0. The zero-order valence-corrected chi connectivity index (χ0v) is 9.73. The highest BCUT2D eigenvalue weighted by molar-refractivity contribution is 5.81. The molecule has 0 radical (unpaired) electrons. The molecule has 2 rings (SSSR count). The van der Waals surface area contributed by atoms with Gasteiger partial charge in [-0.05, 0) is 0 Å². The van der Waals surface area contributed by atoms with E-state index >= 15 is 0 Å². The van der Waals surface area contributed by atoms with E-state index in [2.05, 4.69) is 39.7 Å². The SMILES string of the molecule is Cn1nnc2c(NCC[NH+](C)C)ncnc21. The van der Waals surface area contributed by atoms with Crippen molar-refractivity contribution in [3.63, 3.8) is 0 Å². The summed E-state index contributed by atoms with van der Waals surface area (Å²) in [5.41, 5.74) is 1.47. The number of aryl methyl sites for hydroxylation is 1. The predicted octanol–water partition coefficient (Wildman–Crippen LogP) is -1.69. The number of hydrogen-bond donors (Lipinski definition) is 2. The molecule has 0 aliphatic carbocycles. The molecule has 16 heavy (non-hydrogen) atoms. The van der Waals surface area contributed by atoms with Gasteiger partial charge in [0.25, 0.3) is 0 Å². The maximum atomic E-state index is 4.17. The second-order valence-electron chi connectivity index (χ2n) is 3.99. The van der Waals surface area contributed by atoms with Gasteiger partial charge in [-0.25, -0.2) is 14.6 Å². The first-order valence-electron chi connectivity index (χ1n) is 5.22. The van der Waals surface area contributed by atoms with Crippen molar-refractivity contribution >= 4 is 17.0 Å². The zero-order chi connectivity index (χ0) is 11.5. The summed E-state index contributed by atoms with van der Waals surface area (Å²) in [5, 5.41) is 11.2. The molecule has 7 nitrogen and oxygen atoms in total. The Hall–Kier alpha value is -1.76. The quantitative estimate of drug-likeness (QED) is 0.646. The Morgan fingerprint density at radius 3 is 2.94 bits per heavy atom. The number of rotatable bonds is 4. The van der Waals surface area contributed by atoms with Gasteiger partial charge >= 0.3 is 0 Å². The van der Waals surface area contributed by atoms with Gasteiger partial charge in [0, 0.05) is 7.05 Å². The Balaban J connectivity index is 2.17. The van der Waals surface area contributed by atoms with Gasteiger partial charge in [0.15, 0.2) is 17.0 Å². The van der Waals surface area contributed by atoms with Crippen LogP contribution in [0.15, 0.2) is 6.33 Å². The van der Waals surface area contributed by atoms with Crippen LogP contribution in [-0.2, 0) is 7.05 Å². The van der Waals surface area contributed by atoms with E-state index in [1.165, 1.54) is 11.2 Å². The minimum Gasteiger partial charge on any atom is -0.362 e. The second kappa shape index (κ2) is 4.40. The van der Waals surface area contributed by atoms with Crippen LogP contribution in [0.25, 0.3) is 11.2 Å². The van der Waals surface area contributed by atoms with E-state index in [-0.39, 0.29) is 0 Å². The van der Waals surface area contributed by atoms with Crippen molar-refractivity contribution in [2.24, 2.45) is 7.05 Å². The zero-order valence-electron chi connectivity index (χ0n) is 9.73. The molecule has 2 aromatic rings. The lowest BCUT2D eigenvalue weighted by atomic mass is 10.4. The number of nitrogens with one attached hydrogen (secondary N) is 2. The maximum absolute atomic E-state index is 4.17. The predicted molar refractivity (Wildman–Crippen MR) is 60.3 cm³/mol. The van der Waals surface area contributed by atoms with Crippen molar-refractivity contribution < 1.29 is 4.90 Å². The van der Waals surface area contributed by atoms with E-state index in [4.69, 9.17) is 0 Å². The van der Waals surface area contributed by atoms with E-state index in [9.17, 15) is 0 Å². The summed E-state index contributed by atoms with van der Waals surface area (Å²) in [5.74, 6) is 0.749. The van der Waals surface area contributed by atoms with E-state index < -0.39 is 0 Å². The van der Waals surface area contributed by atoms with Crippen LogP contribution in [0.5, 0.6) is 0 Å². The first-order chi connectivity index (χ1) is 7.68. The summed E-state index contributed by atoms with van der Waals surface area (Å²) in [6, 6.07) is 0. The molecule has 0 fully saturated rings. The number of fused-ring (bicyclic) bond motifs is 1. The third-order valence-corrected chi connectivity index (χ3v) is 2.31. The molecule has 86 valence electrons. The summed E-state index contributed by atoms with van der Waals surface area (Å²) in [4.78, 5) is 9.68. The van der Waals surface area contributed by atoms with Gasteiger partial charge in [0.2, 0.25) is 0 Å². The monoisotopic (exact) mass is 222 g/mol. The van der Waals surface area contributed by atoms with E-state index in [0.29, 0.717) is 0 Å². The number of anilines is 1. The van der Waals surface area contributed by atoms with Gasteiger partial charge in [-0.3, -0.25) is 0 Å². The van der Waals surface area contributed by atoms with Crippen molar-refractivity contribution in [1.82, 2.24) is 25.0 Å². The first kappa shape index (κ1) is 10.7. The molecule has 0 unspecified atom stereocenters. The lowest BCUT2D eigenvalue weighted by Crippen LogP contribution is -3.06. The molecular weight excluding hydrogens is 206 g/mol. The molecule has 0 aliphatic rings. The van der Waals surface area contributed by atoms with Crippen LogP contribution >= 0.6 is 0 Å². The molecule has 0 saturated carbocycles. The van der Waals surface area contributed by atoms with Gasteiger partial charge in [-0.15, -0.1) is 5.10 Å². The van der Waals surface area contributed by atoms with Gasteiger partial charge in [0.05, 0.1) is 27.2 Å². The van der Waals surface area contributed by atoms with Crippen LogP contribution in [-0.4, -0.2) is 52.1 Å². The average molecular weight is 222 g/mol. The van der Waals surface area contributed by atoms with Crippen molar-refractivity contribution in [2.75, 3.05) is 32.5 Å².